The molecule has 0 aromatic carbocycles. The molecule has 0 saturated heterocycles. The van der Waals surface area contributed by atoms with Crippen molar-refractivity contribution in [2.45, 2.75) is 19.8 Å². The summed E-state index contributed by atoms with van der Waals surface area (Å²) in [5.74, 6) is 0.561. The molecule has 0 unspecified atom stereocenters. The fraction of sp³-hybridized carbons (Fsp3) is 0.455. The molecule has 1 rings (SSSR count). The molecule has 4 nitrogen and oxygen atoms in total. The first-order chi connectivity index (χ1) is 7.26. The van der Waals surface area contributed by atoms with Gasteiger partial charge in [0.1, 0.15) is 5.75 Å². The van der Waals surface area contributed by atoms with Crippen LogP contribution in [-0.4, -0.2) is 24.7 Å². The lowest BCUT2D eigenvalue weighted by Crippen LogP contribution is -2.05. The van der Waals surface area contributed by atoms with E-state index in [4.69, 9.17) is 9.47 Å². The van der Waals surface area contributed by atoms with E-state index in [9.17, 15) is 4.79 Å². The lowest BCUT2D eigenvalue weighted by molar-refractivity contribution is -0.143. The highest BCUT2D eigenvalue weighted by Crippen LogP contribution is 2.11. The van der Waals surface area contributed by atoms with Crippen LogP contribution in [0.3, 0.4) is 0 Å². The summed E-state index contributed by atoms with van der Waals surface area (Å²) in [7, 11) is 1.60. The number of ether oxygens (including phenoxy) is 2. The van der Waals surface area contributed by atoms with Crippen molar-refractivity contribution in [2.24, 2.45) is 0 Å². The molecule has 0 aliphatic heterocycles. The summed E-state index contributed by atoms with van der Waals surface area (Å²) in [5, 5.41) is 0. The van der Waals surface area contributed by atoms with Gasteiger partial charge in [0.2, 0.25) is 0 Å². The maximum absolute atomic E-state index is 11.1. The second kappa shape index (κ2) is 6.01. The van der Waals surface area contributed by atoms with E-state index in [2.05, 4.69) is 4.98 Å². The number of esters is 1. The first-order valence-corrected chi connectivity index (χ1v) is 4.90. The van der Waals surface area contributed by atoms with Crippen LogP contribution in [0.1, 0.15) is 19.0 Å². The predicted octanol–water partition coefficient (Wildman–Crippen LogP) is 1.59. The standard InChI is InChI=1S/C11H15NO3/c1-3-15-11(13)5-4-9-8-10(14-2)6-7-12-9/h6-8H,3-5H2,1-2H3. The molecule has 82 valence electrons. The van der Waals surface area contributed by atoms with Crippen molar-refractivity contribution in [3.05, 3.63) is 24.0 Å². The van der Waals surface area contributed by atoms with Gasteiger partial charge in [-0.15, -0.1) is 0 Å². The van der Waals surface area contributed by atoms with E-state index in [-0.39, 0.29) is 5.97 Å². The van der Waals surface area contributed by atoms with Gasteiger partial charge in [-0.1, -0.05) is 0 Å². The van der Waals surface area contributed by atoms with Gasteiger partial charge in [0.25, 0.3) is 0 Å². The van der Waals surface area contributed by atoms with Gasteiger partial charge in [-0.05, 0) is 13.0 Å². The normalized spacial score (nSPS) is 9.73. The van der Waals surface area contributed by atoms with Crippen LogP contribution in [0.15, 0.2) is 18.3 Å². The van der Waals surface area contributed by atoms with E-state index in [1.165, 1.54) is 0 Å². The molecule has 1 aromatic heterocycles. The largest absolute Gasteiger partial charge is 0.497 e. The van der Waals surface area contributed by atoms with Crippen LogP contribution < -0.4 is 4.74 Å². The van der Waals surface area contributed by atoms with E-state index < -0.39 is 0 Å². The highest BCUT2D eigenvalue weighted by Gasteiger charge is 2.04. The molecular formula is C11H15NO3. The van der Waals surface area contributed by atoms with Crippen molar-refractivity contribution >= 4 is 5.97 Å². The van der Waals surface area contributed by atoms with Gasteiger partial charge < -0.3 is 9.47 Å². The maximum Gasteiger partial charge on any atom is 0.306 e. The van der Waals surface area contributed by atoms with Crippen LogP contribution in [-0.2, 0) is 16.0 Å². The second-order valence-electron chi connectivity index (χ2n) is 2.99. The number of carbonyl (C=O) groups excluding carboxylic acids is 1. The van der Waals surface area contributed by atoms with Crippen LogP contribution in [0.25, 0.3) is 0 Å². The third-order valence-electron chi connectivity index (χ3n) is 1.91. The molecule has 0 bridgehead atoms. The molecule has 0 aliphatic rings. The minimum Gasteiger partial charge on any atom is -0.497 e. The highest BCUT2D eigenvalue weighted by molar-refractivity contribution is 5.69. The zero-order valence-electron chi connectivity index (χ0n) is 9.03. The summed E-state index contributed by atoms with van der Waals surface area (Å²) in [6.07, 6.45) is 2.60. The lowest BCUT2D eigenvalue weighted by Gasteiger charge is -2.03. The zero-order chi connectivity index (χ0) is 11.1. The molecule has 0 saturated carbocycles. The van der Waals surface area contributed by atoms with Crippen molar-refractivity contribution in [1.29, 1.82) is 0 Å². The van der Waals surface area contributed by atoms with Gasteiger partial charge in [0.05, 0.1) is 20.1 Å². The van der Waals surface area contributed by atoms with Gasteiger partial charge in [0.15, 0.2) is 0 Å². The van der Waals surface area contributed by atoms with Gasteiger partial charge in [-0.3, -0.25) is 9.78 Å². The van der Waals surface area contributed by atoms with Crippen LogP contribution in [0.4, 0.5) is 0 Å². The average Bonchev–Trinajstić information content (AvgIpc) is 2.27. The quantitative estimate of drug-likeness (QED) is 0.691. The lowest BCUT2D eigenvalue weighted by atomic mass is 10.2. The molecule has 0 fully saturated rings. The van der Waals surface area contributed by atoms with Crippen molar-refractivity contribution in [2.75, 3.05) is 13.7 Å². The summed E-state index contributed by atoms with van der Waals surface area (Å²) in [6.45, 7) is 2.21. The molecule has 1 aromatic rings. The topological polar surface area (TPSA) is 48.4 Å². The number of aromatic nitrogens is 1. The van der Waals surface area contributed by atoms with Crippen LogP contribution in [0, 0.1) is 0 Å². The molecule has 0 atom stereocenters. The first-order valence-electron chi connectivity index (χ1n) is 4.90. The van der Waals surface area contributed by atoms with Crippen molar-refractivity contribution in [3.63, 3.8) is 0 Å². The second-order valence-corrected chi connectivity index (χ2v) is 2.99. The van der Waals surface area contributed by atoms with Gasteiger partial charge in [-0.2, -0.15) is 0 Å². The van der Waals surface area contributed by atoms with Gasteiger partial charge in [-0.25, -0.2) is 0 Å². The van der Waals surface area contributed by atoms with E-state index >= 15 is 0 Å². The molecule has 4 heteroatoms. The molecule has 0 aliphatic carbocycles. The minimum absolute atomic E-state index is 0.192. The molecule has 1 heterocycles. The van der Waals surface area contributed by atoms with E-state index in [0.717, 1.165) is 11.4 Å². The summed E-state index contributed by atoms with van der Waals surface area (Å²) in [5.41, 5.74) is 0.836. The molecule has 0 amide bonds. The zero-order valence-corrected chi connectivity index (χ0v) is 9.03. The Hall–Kier alpha value is -1.58. The van der Waals surface area contributed by atoms with Gasteiger partial charge in [0, 0.05) is 24.4 Å². The summed E-state index contributed by atoms with van der Waals surface area (Å²) >= 11 is 0. The van der Waals surface area contributed by atoms with E-state index in [1.807, 2.05) is 6.07 Å². The molecule has 0 N–H and O–H groups in total. The van der Waals surface area contributed by atoms with Crippen molar-refractivity contribution in [1.82, 2.24) is 4.98 Å². The predicted molar refractivity (Wildman–Crippen MR) is 55.7 cm³/mol. The monoisotopic (exact) mass is 209 g/mol. The van der Waals surface area contributed by atoms with Crippen LogP contribution in [0.5, 0.6) is 5.75 Å². The van der Waals surface area contributed by atoms with E-state index in [0.29, 0.717) is 19.4 Å². The number of carbonyl (C=O) groups is 1. The smallest absolute Gasteiger partial charge is 0.306 e. The summed E-state index contributed by atoms with van der Waals surface area (Å²) in [6, 6.07) is 3.59. The number of hydrogen-bond donors (Lipinski definition) is 0. The third-order valence-corrected chi connectivity index (χ3v) is 1.91. The van der Waals surface area contributed by atoms with Gasteiger partial charge >= 0.3 is 5.97 Å². The molecule has 15 heavy (non-hydrogen) atoms. The Morgan fingerprint density at radius 1 is 1.53 bits per heavy atom. The van der Waals surface area contributed by atoms with E-state index in [1.54, 1.807) is 26.3 Å². The number of rotatable bonds is 5. The molecule has 0 spiro atoms. The Morgan fingerprint density at radius 3 is 3.00 bits per heavy atom. The summed E-state index contributed by atoms with van der Waals surface area (Å²) in [4.78, 5) is 15.2. The number of aryl methyl sites for hydroxylation is 1. The first kappa shape index (κ1) is 11.5. The number of pyridine rings is 1. The fourth-order valence-corrected chi connectivity index (χ4v) is 1.18. The fourth-order valence-electron chi connectivity index (χ4n) is 1.18. The Balaban J connectivity index is 2.46. The number of hydrogen-bond acceptors (Lipinski definition) is 4. The Kier molecular flexibility index (Phi) is 4.60. The SMILES string of the molecule is CCOC(=O)CCc1cc(OC)ccn1. The number of nitrogens with zero attached hydrogens (tertiary/aromatic N) is 1. The minimum atomic E-state index is -0.192. The van der Waals surface area contributed by atoms with Crippen molar-refractivity contribution in [3.8, 4) is 5.75 Å². The maximum atomic E-state index is 11.1. The Bertz CT molecular complexity index is 325. The Labute approximate surface area is 89.2 Å². The Morgan fingerprint density at radius 2 is 2.33 bits per heavy atom. The summed E-state index contributed by atoms with van der Waals surface area (Å²) < 4.78 is 9.88. The van der Waals surface area contributed by atoms with Crippen molar-refractivity contribution < 1.29 is 14.3 Å². The van der Waals surface area contributed by atoms with Crippen LogP contribution in [0.2, 0.25) is 0 Å². The number of methoxy groups -OCH3 is 1. The molecular weight excluding hydrogens is 194 g/mol. The average molecular weight is 209 g/mol. The van der Waals surface area contributed by atoms with Crippen LogP contribution >= 0.6 is 0 Å². The molecule has 0 radical (unpaired) electrons. The third kappa shape index (κ3) is 3.97. The highest BCUT2D eigenvalue weighted by atomic mass is 16.5.